The summed E-state index contributed by atoms with van der Waals surface area (Å²) >= 11 is 1.46. The van der Waals surface area contributed by atoms with Gasteiger partial charge >= 0.3 is 5.97 Å². The number of ether oxygens (including phenoxy) is 3. The summed E-state index contributed by atoms with van der Waals surface area (Å²) in [5.74, 6) is -0.209. The minimum Gasteiger partial charge on any atom is -0.497 e. The van der Waals surface area contributed by atoms with Crippen LogP contribution >= 0.6 is 11.8 Å². The number of thioether (sulfide) groups is 1. The lowest BCUT2D eigenvalue weighted by molar-refractivity contribution is -0.153. The number of Topliss-reactive ketones (excluding diaryl/α,β-unsaturated/α-hetero) is 1. The number of esters is 1. The predicted molar refractivity (Wildman–Crippen MR) is 191 cm³/mol. The van der Waals surface area contributed by atoms with Gasteiger partial charge in [-0.1, -0.05) is 98.8 Å². The maximum Gasteiger partial charge on any atom is 0.329 e. The molecule has 0 saturated heterocycles. The van der Waals surface area contributed by atoms with Crippen LogP contribution in [-0.2, 0) is 24.9 Å². The molecule has 2 amide bonds. The Balaban J connectivity index is 1.47. The molecule has 0 aliphatic heterocycles. The third-order valence-electron chi connectivity index (χ3n) is 7.63. The van der Waals surface area contributed by atoms with E-state index < -0.39 is 36.0 Å². The predicted octanol–water partition coefficient (Wildman–Crippen LogP) is 6.17. The number of rotatable bonds is 17. The van der Waals surface area contributed by atoms with Gasteiger partial charge in [0, 0.05) is 17.1 Å². The van der Waals surface area contributed by atoms with Crippen molar-refractivity contribution in [3.8, 4) is 11.5 Å². The topological polar surface area (TPSA) is 120 Å². The van der Waals surface area contributed by atoms with Crippen LogP contribution in [0.15, 0.2) is 109 Å². The molecule has 0 bridgehead atoms. The van der Waals surface area contributed by atoms with Crippen LogP contribution in [0.4, 0.5) is 0 Å². The van der Waals surface area contributed by atoms with Crippen molar-refractivity contribution in [3.05, 3.63) is 131 Å². The van der Waals surface area contributed by atoms with Gasteiger partial charge in [0.2, 0.25) is 5.91 Å². The van der Waals surface area contributed by atoms with Gasteiger partial charge < -0.3 is 24.8 Å². The molecule has 0 spiro atoms. The Morgan fingerprint density at radius 3 is 1.96 bits per heavy atom. The maximum absolute atomic E-state index is 13.8. The van der Waals surface area contributed by atoms with E-state index in [0.717, 1.165) is 22.4 Å². The second kappa shape index (κ2) is 18.5. The van der Waals surface area contributed by atoms with Gasteiger partial charge in [0.15, 0.2) is 18.5 Å². The van der Waals surface area contributed by atoms with E-state index in [9.17, 15) is 19.2 Å². The van der Waals surface area contributed by atoms with Crippen molar-refractivity contribution in [2.45, 2.75) is 44.7 Å². The van der Waals surface area contributed by atoms with Gasteiger partial charge in [-0.05, 0) is 53.8 Å². The van der Waals surface area contributed by atoms with E-state index in [1.165, 1.54) is 18.7 Å². The van der Waals surface area contributed by atoms with Gasteiger partial charge in [-0.3, -0.25) is 14.4 Å². The van der Waals surface area contributed by atoms with Gasteiger partial charge in [0.1, 0.15) is 23.6 Å². The first-order valence-corrected chi connectivity index (χ1v) is 17.1. The molecule has 0 unspecified atom stereocenters. The highest BCUT2D eigenvalue weighted by Crippen LogP contribution is 2.27. The number of hydrogen-bond donors (Lipinski definition) is 2. The smallest absolute Gasteiger partial charge is 0.329 e. The van der Waals surface area contributed by atoms with Crippen LogP contribution in [0.25, 0.3) is 0 Å². The average Bonchev–Trinajstić information content (AvgIpc) is 3.12. The second-order valence-corrected chi connectivity index (χ2v) is 12.8. The van der Waals surface area contributed by atoms with Crippen molar-refractivity contribution >= 4 is 35.3 Å². The molecule has 256 valence electrons. The number of nitrogens with one attached hydrogen (secondary N) is 2. The van der Waals surface area contributed by atoms with Crippen LogP contribution in [-0.4, -0.2) is 55.1 Å². The van der Waals surface area contributed by atoms with Crippen LogP contribution in [0.3, 0.4) is 0 Å². The number of carbonyl (C=O) groups excluding carboxylic acids is 4. The highest BCUT2D eigenvalue weighted by molar-refractivity contribution is 7.98. The summed E-state index contributed by atoms with van der Waals surface area (Å²) in [5, 5.41) is 5.62. The molecule has 2 N–H and O–H groups in total. The molecule has 0 heterocycles. The minimum atomic E-state index is -0.990. The Morgan fingerprint density at radius 2 is 1.39 bits per heavy atom. The van der Waals surface area contributed by atoms with Crippen molar-refractivity contribution < 1.29 is 33.4 Å². The normalized spacial score (nSPS) is 12.1. The molecule has 4 aromatic carbocycles. The fourth-order valence-corrected chi connectivity index (χ4v) is 5.93. The Labute approximate surface area is 291 Å². The number of methoxy groups -OCH3 is 1. The zero-order valence-corrected chi connectivity index (χ0v) is 28.9. The lowest BCUT2D eigenvalue weighted by atomic mass is 10.0. The van der Waals surface area contributed by atoms with Crippen LogP contribution in [0, 0.1) is 5.92 Å². The summed E-state index contributed by atoms with van der Waals surface area (Å²) in [7, 11) is 1.60. The van der Waals surface area contributed by atoms with E-state index in [1.54, 1.807) is 31.4 Å². The van der Waals surface area contributed by atoms with Gasteiger partial charge in [-0.15, -0.1) is 0 Å². The van der Waals surface area contributed by atoms with Crippen molar-refractivity contribution in [1.29, 1.82) is 0 Å². The average molecular weight is 683 g/mol. The van der Waals surface area contributed by atoms with Gasteiger partial charge in [-0.25, -0.2) is 4.79 Å². The summed E-state index contributed by atoms with van der Waals surface area (Å²) in [6.07, 6.45) is -0.678. The lowest BCUT2D eigenvalue weighted by Crippen LogP contribution is -2.55. The second-order valence-electron chi connectivity index (χ2n) is 11.7. The van der Waals surface area contributed by atoms with Crippen LogP contribution in [0.2, 0.25) is 0 Å². The largest absolute Gasteiger partial charge is 0.497 e. The fourth-order valence-electron chi connectivity index (χ4n) is 4.91. The number of carbonyl (C=O) groups is 4. The molecule has 0 aliphatic carbocycles. The van der Waals surface area contributed by atoms with E-state index >= 15 is 0 Å². The zero-order chi connectivity index (χ0) is 35.2. The zero-order valence-electron chi connectivity index (χ0n) is 28.1. The third-order valence-corrected chi connectivity index (χ3v) is 8.74. The molecule has 4 aromatic rings. The first-order chi connectivity index (χ1) is 23.6. The number of hydrogen-bond acceptors (Lipinski definition) is 8. The Hall–Kier alpha value is -5.09. The maximum atomic E-state index is 13.8. The number of ketones is 1. The standard InChI is InChI=1S/C39H42N2O7S/c1-26(2)36(39(45)48-37(29-12-7-5-8-13-29)30-14-9-6-10-15-30)41-38(44)34(25-49-24-28-18-20-32(46-4)21-19-28)40-35(43)23-47-33-17-11-16-31(22-33)27(3)42/h5-22,26,34,36-37H,23-25H2,1-4H3,(H,40,43)(H,41,44)/t34-,36+/m0/s1. The lowest BCUT2D eigenvalue weighted by Gasteiger charge is -2.27. The molecule has 0 aromatic heterocycles. The third kappa shape index (κ3) is 11.2. The van der Waals surface area contributed by atoms with Crippen molar-refractivity contribution in [1.82, 2.24) is 10.6 Å². The summed E-state index contributed by atoms with van der Waals surface area (Å²) in [5.41, 5.74) is 3.06. The molecule has 4 rings (SSSR count). The molecule has 2 atom stereocenters. The highest BCUT2D eigenvalue weighted by atomic mass is 32.2. The van der Waals surface area contributed by atoms with E-state index in [2.05, 4.69) is 10.6 Å². The van der Waals surface area contributed by atoms with Crippen molar-refractivity contribution in [2.24, 2.45) is 5.92 Å². The van der Waals surface area contributed by atoms with Crippen LogP contribution in [0.1, 0.15) is 53.9 Å². The molecule has 0 saturated carbocycles. The molecule has 10 heteroatoms. The first-order valence-electron chi connectivity index (χ1n) is 16.0. The van der Waals surface area contributed by atoms with Gasteiger partial charge in [-0.2, -0.15) is 11.8 Å². The number of benzene rings is 4. The van der Waals surface area contributed by atoms with E-state index in [0.29, 0.717) is 17.1 Å². The van der Waals surface area contributed by atoms with E-state index in [-0.39, 0.29) is 24.1 Å². The molecule has 0 radical (unpaired) electrons. The summed E-state index contributed by atoms with van der Waals surface area (Å²) in [6.45, 7) is 4.71. The molecule has 0 aliphatic rings. The van der Waals surface area contributed by atoms with Crippen molar-refractivity contribution in [3.63, 3.8) is 0 Å². The minimum absolute atomic E-state index is 0.127. The Kier molecular flexibility index (Phi) is 13.8. The Bertz CT molecular complexity index is 1640. The fraction of sp³-hybridized carbons (Fsp3) is 0.282. The molecular formula is C39H42N2O7S. The number of amides is 2. The first kappa shape index (κ1) is 36.7. The highest BCUT2D eigenvalue weighted by Gasteiger charge is 2.32. The van der Waals surface area contributed by atoms with E-state index in [1.807, 2.05) is 98.8 Å². The van der Waals surface area contributed by atoms with Crippen LogP contribution < -0.4 is 20.1 Å². The van der Waals surface area contributed by atoms with Crippen molar-refractivity contribution in [2.75, 3.05) is 19.5 Å². The quantitative estimate of drug-likeness (QED) is 0.100. The molecule has 0 fully saturated rings. The van der Waals surface area contributed by atoms with E-state index in [4.69, 9.17) is 14.2 Å². The monoisotopic (exact) mass is 682 g/mol. The van der Waals surface area contributed by atoms with Gasteiger partial charge in [0.25, 0.3) is 5.91 Å². The SMILES string of the molecule is COc1ccc(CSC[C@H](NC(=O)COc2cccc(C(C)=O)c2)C(=O)N[C@@H](C(=O)OC(c2ccccc2)c2ccccc2)C(C)C)cc1. The summed E-state index contributed by atoms with van der Waals surface area (Å²) < 4.78 is 16.9. The Morgan fingerprint density at radius 1 is 0.755 bits per heavy atom. The molecular weight excluding hydrogens is 641 g/mol. The van der Waals surface area contributed by atoms with Gasteiger partial charge in [0.05, 0.1) is 7.11 Å². The molecule has 49 heavy (non-hydrogen) atoms. The molecule has 9 nitrogen and oxygen atoms in total. The summed E-state index contributed by atoms with van der Waals surface area (Å²) in [4.78, 5) is 52.4. The van der Waals surface area contributed by atoms with Crippen LogP contribution in [0.5, 0.6) is 11.5 Å². The summed E-state index contributed by atoms with van der Waals surface area (Å²) in [6, 6.07) is 31.0.